The van der Waals surface area contributed by atoms with E-state index in [0.717, 1.165) is 0 Å². The van der Waals surface area contributed by atoms with Gasteiger partial charge in [-0.1, -0.05) is 30.7 Å². The van der Waals surface area contributed by atoms with Gasteiger partial charge in [-0.15, -0.1) is 0 Å². The molecular formula is C35H47N3O15S. The van der Waals surface area contributed by atoms with E-state index >= 15 is 0 Å². The Morgan fingerprint density at radius 2 is 1.15 bits per heavy atom. The number of nitrogens with one attached hydrogen (secondary N) is 3. The summed E-state index contributed by atoms with van der Waals surface area (Å²) in [5.41, 5.74) is 1.04. The first-order chi connectivity index (χ1) is 25.4. The normalized spacial score (nSPS) is 13.0. The molecule has 0 unspecified atom stereocenters. The highest BCUT2D eigenvalue weighted by atomic mass is 32.1. The van der Waals surface area contributed by atoms with Gasteiger partial charge in [-0.05, 0) is 36.8 Å². The molecule has 0 saturated heterocycles. The Balaban J connectivity index is 2.64. The number of benzene rings is 1. The van der Waals surface area contributed by atoms with Crippen LogP contribution in [0.3, 0.4) is 0 Å². The van der Waals surface area contributed by atoms with Crippen LogP contribution in [0.4, 0.5) is 0 Å². The van der Waals surface area contributed by atoms with E-state index in [1.165, 1.54) is 0 Å². The highest BCUT2D eigenvalue weighted by molar-refractivity contribution is 7.80. The number of aliphatic carboxylic acids is 5. The van der Waals surface area contributed by atoms with E-state index in [2.05, 4.69) is 28.6 Å². The molecule has 298 valence electrons. The molecule has 0 radical (unpaired) electrons. The lowest BCUT2D eigenvalue weighted by molar-refractivity contribution is -0.145. The summed E-state index contributed by atoms with van der Waals surface area (Å²) >= 11 is 3.81. The fourth-order valence-corrected chi connectivity index (χ4v) is 5.48. The molecule has 0 aliphatic carbocycles. The summed E-state index contributed by atoms with van der Waals surface area (Å²) in [5, 5.41) is 52.9. The Kier molecular flexibility index (Phi) is 21.5. The maximum Gasteiger partial charge on any atom is 0.327 e. The second kappa shape index (κ2) is 24.8. The van der Waals surface area contributed by atoms with Crippen molar-refractivity contribution in [2.75, 3.05) is 12.3 Å². The van der Waals surface area contributed by atoms with Crippen LogP contribution in [0, 0.1) is 11.8 Å². The zero-order valence-corrected chi connectivity index (χ0v) is 30.4. The van der Waals surface area contributed by atoms with Gasteiger partial charge >= 0.3 is 29.8 Å². The lowest BCUT2D eigenvalue weighted by Gasteiger charge is -2.21. The highest BCUT2D eigenvalue weighted by Crippen LogP contribution is 2.17. The van der Waals surface area contributed by atoms with Crippen molar-refractivity contribution in [2.45, 2.75) is 95.6 Å². The molecule has 0 fully saturated rings. The Morgan fingerprint density at radius 3 is 1.67 bits per heavy atom. The number of carboxylic acids is 5. The number of ketones is 2. The molecular weight excluding hydrogens is 734 g/mol. The first-order valence-corrected chi connectivity index (χ1v) is 17.7. The number of carboxylic acid groups (broad SMARTS) is 5. The van der Waals surface area contributed by atoms with Crippen molar-refractivity contribution >= 4 is 71.8 Å². The van der Waals surface area contributed by atoms with Crippen LogP contribution in [-0.2, 0) is 60.8 Å². The molecule has 3 amide bonds. The molecule has 4 atom stereocenters. The number of Topliss-reactive ketones (excluding diaryl/α,β-unsaturated/α-hetero) is 2. The number of hydrogen-bond acceptors (Lipinski definition) is 11. The van der Waals surface area contributed by atoms with Crippen molar-refractivity contribution < 1.29 is 73.5 Å². The van der Waals surface area contributed by atoms with E-state index in [4.69, 9.17) is 10.2 Å². The number of amides is 3. The summed E-state index contributed by atoms with van der Waals surface area (Å²) in [6.45, 7) is 0.267. The smallest absolute Gasteiger partial charge is 0.327 e. The fourth-order valence-electron chi connectivity index (χ4n) is 5.23. The van der Waals surface area contributed by atoms with E-state index in [-0.39, 0.29) is 62.5 Å². The third kappa shape index (κ3) is 20.1. The maximum atomic E-state index is 13.0. The molecule has 19 heteroatoms. The summed E-state index contributed by atoms with van der Waals surface area (Å²) in [6.07, 6.45) is -1.06. The summed E-state index contributed by atoms with van der Waals surface area (Å²) in [5.74, 6) is -12.5. The summed E-state index contributed by atoms with van der Waals surface area (Å²) in [6, 6.07) is 3.17. The van der Waals surface area contributed by atoms with Gasteiger partial charge in [0.1, 0.15) is 11.8 Å². The van der Waals surface area contributed by atoms with Gasteiger partial charge < -0.3 is 41.5 Å². The van der Waals surface area contributed by atoms with E-state index in [0.29, 0.717) is 36.8 Å². The third-order valence-electron chi connectivity index (χ3n) is 8.11. The Labute approximate surface area is 315 Å². The van der Waals surface area contributed by atoms with Crippen LogP contribution in [0.1, 0.15) is 81.8 Å². The Bertz CT molecular complexity index is 1520. The largest absolute Gasteiger partial charge is 0.481 e. The summed E-state index contributed by atoms with van der Waals surface area (Å²) in [7, 11) is 0. The van der Waals surface area contributed by atoms with Crippen LogP contribution in [0.5, 0.6) is 0 Å². The fraction of sp³-hybridized carbons (Fsp3) is 0.543. The van der Waals surface area contributed by atoms with Crippen molar-refractivity contribution in [1.82, 2.24) is 16.0 Å². The van der Waals surface area contributed by atoms with Gasteiger partial charge in [-0.3, -0.25) is 43.2 Å². The lowest BCUT2D eigenvalue weighted by Crippen LogP contribution is -2.47. The van der Waals surface area contributed by atoms with Gasteiger partial charge in [-0.2, -0.15) is 12.6 Å². The predicted octanol–water partition coefficient (Wildman–Crippen LogP) is 0.872. The molecule has 0 heterocycles. The van der Waals surface area contributed by atoms with Gasteiger partial charge in [0.2, 0.25) is 17.7 Å². The number of carbonyl (C=O) groups excluding carboxylic acids is 5. The van der Waals surface area contributed by atoms with Gasteiger partial charge in [-0.25, -0.2) is 4.79 Å². The number of hydrogen-bond donors (Lipinski definition) is 9. The van der Waals surface area contributed by atoms with E-state index < -0.39 is 90.6 Å². The van der Waals surface area contributed by atoms with Crippen LogP contribution in [-0.4, -0.2) is 109 Å². The topological polar surface area (TPSA) is 308 Å². The number of carbonyl (C=O) groups is 10. The van der Waals surface area contributed by atoms with Crippen molar-refractivity contribution in [3.8, 4) is 0 Å². The Hall–Kier alpha value is -5.33. The first kappa shape index (κ1) is 46.7. The molecule has 0 aliphatic heterocycles. The second-order valence-corrected chi connectivity index (χ2v) is 13.0. The average molecular weight is 782 g/mol. The summed E-state index contributed by atoms with van der Waals surface area (Å²) < 4.78 is 0. The van der Waals surface area contributed by atoms with Gasteiger partial charge in [0.15, 0.2) is 5.78 Å². The molecule has 1 aromatic carbocycles. The molecule has 0 spiro atoms. The quantitative estimate of drug-likeness (QED) is 0.0402. The van der Waals surface area contributed by atoms with Gasteiger partial charge in [0.05, 0.1) is 43.6 Å². The molecule has 0 aliphatic rings. The Morgan fingerprint density at radius 1 is 0.574 bits per heavy atom. The molecule has 1 aromatic rings. The SMILES string of the molecule is O=C(O)CCCCC(=O)C[C@@H](CCCCNC(=O)Cc1ccc(CC(=O)N[C@@H](CC(=O)O)C(=O)C[C@@H](CC(=O)O)C(=O)N[C@@H](CS)C(=O)O)cc1)C(=O)O. The number of unbranched alkanes of at least 4 members (excludes halogenated alkanes) is 2. The highest BCUT2D eigenvalue weighted by Gasteiger charge is 2.32. The van der Waals surface area contributed by atoms with Gasteiger partial charge in [0, 0.05) is 38.0 Å². The van der Waals surface area contributed by atoms with Gasteiger partial charge in [0.25, 0.3) is 0 Å². The van der Waals surface area contributed by atoms with Crippen molar-refractivity contribution in [3.05, 3.63) is 35.4 Å². The van der Waals surface area contributed by atoms with Crippen LogP contribution in [0.2, 0.25) is 0 Å². The molecule has 54 heavy (non-hydrogen) atoms. The van der Waals surface area contributed by atoms with Crippen molar-refractivity contribution in [1.29, 1.82) is 0 Å². The molecule has 8 N–H and O–H groups in total. The van der Waals surface area contributed by atoms with Crippen LogP contribution in [0.15, 0.2) is 24.3 Å². The minimum absolute atomic E-state index is 0.0118. The zero-order chi connectivity index (χ0) is 40.8. The monoisotopic (exact) mass is 781 g/mol. The maximum absolute atomic E-state index is 13.0. The van der Waals surface area contributed by atoms with Crippen LogP contribution < -0.4 is 16.0 Å². The molecule has 18 nitrogen and oxygen atoms in total. The molecule has 0 bridgehead atoms. The second-order valence-electron chi connectivity index (χ2n) is 12.7. The van der Waals surface area contributed by atoms with Crippen LogP contribution >= 0.6 is 12.6 Å². The van der Waals surface area contributed by atoms with E-state index in [1.807, 2.05) is 0 Å². The third-order valence-corrected chi connectivity index (χ3v) is 8.48. The van der Waals surface area contributed by atoms with Crippen molar-refractivity contribution in [2.24, 2.45) is 11.8 Å². The number of thiol groups is 1. The lowest BCUT2D eigenvalue weighted by atomic mass is 9.93. The van der Waals surface area contributed by atoms with Crippen molar-refractivity contribution in [3.63, 3.8) is 0 Å². The minimum Gasteiger partial charge on any atom is -0.481 e. The molecule has 0 aromatic heterocycles. The molecule has 0 saturated carbocycles. The van der Waals surface area contributed by atoms with E-state index in [9.17, 15) is 63.3 Å². The van der Waals surface area contributed by atoms with Crippen LogP contribution in [0.25, 0.3) is 0 Å². The van der Waals surface area contributed by atoms with E-state index in [1.54, 1.807) is 24.3 Å². The number of rotatable bonds is 29. The minimum atomic E-state index is -1.62. The summed E-state index contributed by atoms with van der Waals surface area (Å²) in [4.78, 5) is 119. The standard InChI is InChI=1S/C35H47N3O15S/c39-24(6-1-2-7-30(43)44)15-22(34(50)51)5-3-4-12-36-28(41)13-20-8-10-21(11-9-20)14-29(42)37-25(18-32(47)48)27(40)16-23(17-31(45)46)33(49)38-26(19-54)35(52)53/h8-11,22-23,25-26,54H,1-7,12-19H2,(H,36,41)(H,37,42)(H,38,49)(H,43,44)(H,45,46)(H,47,48)(H,50,51)(H,52,53)/t22-,23+,25+,26+/m1/s1. The molecule has 1 rings (SSSR count). The predicted molar refractivity (Wildman–Crippen MR) is 191 cm³/mol. The zero-order valence-electron chi connectivity index (χ0n) is 29.5. The average Bonchev–Trinajstić information content (AvgIpc) is 3.07. The first-order valence-electron chi connectivity index (χ1n) is 17.1.